The Morgan fingerprint density at radius 3 is 2.43 bits per heavy atom. The molecule has 0 saturated carbocycles. The number of aryl methyl sites for hydroxylation is 1. The predicted octanol–water partition coefficient (Wildman–Crippen LogP) is 6.81. The number of nitrogens with zero attached hydrogens (tertiary/aromatic N) is 2. The summed E-state index contributed by atoms with van der Waals surface area (Å²) in [6.45, 7) is 7.93. The Labute approximate surface area is 248 Å². The number of ether oxygens (including phenoxy) is 1. The highest BCUT2D eigenvalue weighted by molar-refractivity contribution is 7.92. The van der Waals surface area contributed by atoms with Crippen LogP contribution in [0.3, 0.4) is 0 Å². The molecule has 1 aromatic heterocycles. The number of hydrogen-bond acceptors (Lipinski definition) is 7. The van der Waals surface area contributed by atoms with Crippen LogP contribution in [0.4, 0.5) is 5.69 Å². The maximum absolute atomic E-state index is 13.7. The lowest BCUT2D eigenvalue weighted by atomic mass is 9.70. The third-order valence-electron chi connectivity index (χ3n) is 7.52. The molecule has 0 bridgehead atoms. The van der Waals surface area contributed by atoms with E-state index in [2.05, 4.69) is 9.71 Å². The minimum absolute atomic E-state index is 0.0143. The molecule has 0 amide bonds. The number of rotatable bonds is 10. The first kappa shape index (κ1) is 30.8. The van der Waals surface area contributed by atoms with Crippen LogP contribution in [0.1, 0.15) is 76.0 Å². The molecule has 8 nitrogen and oxygen atoms in total. The number of carbonyl (C=O) groups excluding carboxylic acids is 1. The molecule has 1 aliphatic heterocycles. The first-order valence-corrected chi connectivity index (χ1v) is 15.5. The standard InChI is InChI=1S/C33H37N3O5S/c1-5-17-33(18-16-23-10-7-6-8-11-23)20-27(37)29(31(38)41-33)30(32(2,3)4)25-12-9-13-26(19-25)36-42(39,40)28-15-14-24(21-34)22-35-28/h6-15,19,22,30,36-37H,5,16-18,20H2,1-4H3/t30-,33?/m1/s1. The van der Waals surface area contributed by atoms with E-state index in [1.807, 2.05) is 70.2 Å². The molecule has 0 saturated heterocycles. The molecule has 1 unspecified atom stereocenters. The van der Waals surface area contributed by atoms with E-state index in [4.69, 9.17) is 10.00 Å². The van der Waals surface area contributed by atoms with E-state index in [9.17, 15) is 18.3 Å². The van der Waals surface area contributed by atoms with Gasteiger partial charge in [0, 0.05) is 24.2 Å². The third kappa shape index (κ3) is 7.00. The average molecular weight is 588 g/mol. The molecule has 220 valence electrons. The molecule has 0 fully saturated rings. The summed E-state index contributed by atoms with van der Waals surface area (Å²) < 4.78 is 34.7. The lowest BCUT2D eigenvalue weighted by Crippen LogP contribution is -2.43. The number of benzene rings is 2. The van der Waals surface area contributed by atoms with Crippen molar-refractivity contribution >= 4 is 21.7 Å². The molecular weight excluding hydrogens is 550 g/mol. The smallest absolute Gasteiger partial charge is 0.338 e. The Hall–Kier alpha value is -4.16. The largest absolute Gasteiger partial charge is 0.512 e. The number of esters is 1. The van der Waals surface area contributed by atoms with Crippen molar-refractivity contribution < 1.29 is 23.1 Å². The average Bonchev–Trinajstić information content (AvgIpc) is 2.94. The molecule has 2 heterocycles. The van der Waals surface area contributed by atoms with Crippen LogP contribution in [0, 0.1) is 16.7 Å². The van der Waals surface area contributed by atoms with Crippen LogP contribution in [0.5, 0.6) is 0 Å². The molecule has 2 N–H and O–H groups in total. The number of nitriles is 1. The van der Waals surface area contributed by atoms with Crippen molar-refractivity contribution in [2.75, 3.05) is 4.72 Å². The molecule has 2 aromatic carbocycles. The number of aromatic nitrogens is 1. The van der Waals surface area contributed by atoms with Crippen LogP contribution < -0.4 is 4.72 Å². The quantitative estimate of drug-likeness (QED) is 0.249. The van der Waals surface area contributed by atoms with Gasteiger partial charge in [-0.05, 0) is 60.1 Å². The van der Waals surface area contributed by atoms with Gasteiger partial charge in [0.15, 0.2) is 5.03 Å². The minimum atomic E-state index is -4.04. The number of sulfonamides is 1. The molecule has 9 heteroatoms. The van der Waals surface area contributed by atoms with Gasteiger partial charge >= 0.3 is 5.97 Å². The fraction of sp³-hybridized carbons (Fsp3) is 0.364. The zero-order valence-electron chi connectivity index (χ0n) is 24.4. The summed E-state index contributed by atoms with van der Waals surface area (Å²) in [4.78, 5) is 17.6. The van der Waals surface area contributed by atoms with E-state index in [-0.39, 0.29) is 34.0 Å². The van der Waals surface area contributed by atoms with Crippen LogP contribution in [0.25, 0.3) is 0 Å². The summed E-state index contributed by atoms with van der Waals surface area (Å²) in [6.07, 6.45) is 4.15. The summed E-state index contributed by atoms with van der Waals surface area (Å²) in [5.74, 6) is -1.11. The van der Waals surface area contributed by atoms with Crippen molar-refractivity contribution in [1.29, 1.82) is 5.26 Å². The Kier molecular flexibility index (Phi) is 9.07. The minimum Gasteiger partial charge on any atom is -0.512 e. The lowest BCUT2D eigenvalue weighted by Gasteiger charge is -2.41. The molecule has 42 heavy (non-hydrogen) atoms. The van der Waals surface area contributed by atoms with E-state index in [0.29, 0.717) is 18.4 Å². The van der Waals surface area contributed by atoms with Gasteiger partial charge < -0.3 is 9.84 Å². The summed E-state index contributed by atoms with van der Waals surface area (Å²) >= 11 is 0. The second-order valence-corrected chi connectivity index (χ2v) is 13.5. The van der Waals surface area contributed by atoms with Gasteiger partial charge in [0.1, 0.15) is 17.4 Å². The number of cyclic esters (lactones) is 1. The Morgan fingerprint density at radius 2 is 1.83 bits per heavy atom. The second kappa shape index (κ2) is 12.4. The zero-order chi connectivity index (χ0) is 30.5. The van der Waals surface area contributed by atoms with E-state index in [0.717, 1.165) is 18.4 Å². The second-order valence-electron chi connectivity index (χ2n) is 11.9. The molecular formula is C33H37N3O5S. The summed E-state index contributed by atoms with van der Waals surface area (Å²) in [5, 5.41) is 20.2. The number of anilines is 1. The number of aliphatic hydroxyl groups excluding tert-OH is 1. The molecule has 4 rings (SSSR count). The van der Waals surface area contributed by atoms with Crippen molar-refractivity contribution in [1.82, 2.24) is 4.98 Å². The molecule has 3 aromatic rings. The molecule has 0 radical (unpaired) electrons. The molecule has 0 spiro atoms. The van der Waals surface area contributed by atoms with Gasteiger partial charge in [0.05, 0.1) is 11.1 Å². The zero-order valence-corrected chi connectivity index (χ0v) is 25.2. The predicted molar refractivity (Wildman–Crippen MR) is 161 cm³/mol. The maximum atomic E-state index is 13.7. The van der Waals surface area contributed by atoms with E-state index < -0.39 is 32.9 Å². The highest BCUT2D eigenvalue weighted by Crippen LogP contribution is 2.47. The monoisotopic (exact) mass is 587 g/mol. The highest BCUT2D eigenvalue weighted by atomic mass is 32.2. The van der Waals surface area contributed by atoms with Crippen LogP contribution in [0.15, 0.2) is 89.3 Å². The summed E-state index contributed by atoms with van der Waals surface area (Å²) in [7, 11) is -4.04. The Morgan fingerprint density at radius 1 is 1.10 bits per heavy atom. The SMILES string of the molecule is CCCC1(CCc2ccccc2)CC(O)=C([C@@H](c2cccc(NS(=O)(=O)c3ccc(C#N)cn3)c2)C(C)(C)C)C(=O)O1. The van der Waals surface area contributed by atoms with Crippen molar-refractivity contribution in [2.24, 2.45) is 5.41 Å². The van der Waals surface area contributed by atoms with Crippen LogP contribution >= 0.6 is 0 Å². The van der Waals surface area contributed by atoms with Crippen LogP contribution in [-0.4, -0.2) is 30.1 Å². The normalized spacial score (nSPS) is 18.2. The van der Waals surface area contributed by atoms with Crippen molar-refractivity contribution in [2.45, 2.75) is 76.3 Å². The number of carbonyl (C=O) groups is 1. The fourth-order valence-corrected chi connectivity index (χ4v) is 6.64. The summed E-state index contributed by atoms with van der Waals surface area (Å²) in [6, 6.07) is 21.3. The highest BCUT2D eigenvalue weighted by Gasteiger charge is 2.46. The first-order valence-electron chi connectivity index (χ1n) is 14.1. The van der Waals surface area contributed by atoms with Gasteiger partial charge in [-0.3, -0.25) is 4.72 Å². The molecule has 0 aliphatic carbocycles. The van der Waals surface area contributed by atoms with Gasteiger partial charge in [-0.2, -0.15) is 13.7 Å². The van der Waals surface area contributed by atoms with Gasteiger partial charge in [0.2, 0.25) is 0 Å². The van der Waals surface area contributed by atoms with Crippen molar-refractivity contribution in [3.05, 3.63) is 101 Å². The fourth-order valence-electron chi connectivity index (χ4n) is 5.66. The van der Waals surface area contributed by atoms with Crippen LogP contribution in [-0.2, 0) is 26.0 Å². The number of hydrogen-bond donors (Lipinski definition) is 2. The maximum Gasteiger partial charge on any atom is 0.338 e. The topological polar surface area (TPSA) is 129 Å². The van der Waals surface area contributed by atoms with Gasteiger partial charge in [-0.15, -0.1) is 0 Å². The van der Waals surface area contributed by atoms with E-state index >= 15 is 0 Å². The summed E-state index contributed by atoms with van der Waals surface area (Å²) in [5.41, 5.74) is 1.19. The Balaban J connectivity index is 1.66. The number of pyridine rings is 1. The first-order chi connectivity index (χ1) is 19.9. The van der Waals surface area contributed by atoms with Gasteiger partial charge in [-0.1, -0.05) is 76.6 Å². The lowest BCUT2D eigenvalue weighted by molar-refractivity contribution is -0.161. The number of nitrogens with one attached hydrogen (secondary N) is 1. The van der Waals surface area contributed by atoms with Crippen LogP contribution in [0.2, 0.25) is 0 Å². The van der Waals surface area contributed by atoms with Crippen molar-refractivity contribution in [3.63, 3.8) is 0 Å². The van der Waals surface area contributed by atoms with E-state index in [1.54, 1.807) is 18.2 Å². The molecule has 1 aliphatic rings. The number of aliphatic hydroxyl groups is 1. The van der Waals surface area contributed by atoms with Gasteiger partial charge in [0.25, 0.3) is 10.0 Å². The Bertz CT molecular complexity index is 1600. The van der Waals surface area contributed by atoms with Gasteiger partial charge in [-0.25, -0.2) is 9.78 Å². The van der Waals surface area contributed by atoms with E-state index in [1.165, 1.54) is 18.3 Å². The van der Waals surface area contributed by atoms with Crippen molar-refractivity contribution in [3.8, 4) is 6.07 Å². The molecule has 2 atom stereocenters. The third-order valence-corrected chi connectivity index (χ3v) is 8.81.